The van der Waals surface area contributed by atoms with Gasteiger partial charge in [0.05, 0.1) is 12.2 Å². The van der Waals surface area contributed by atoms with Crippen LogP contribution in [-0.4, -0.2) is 37.7 Å². The fraction of sp³-hybridized carbons (Fsp3) is 0.647. The van der Waals surface area contributed by atoms with Gasteiger partial charge in [0, 0.05) is 26.1 Å². The van der Waals surface area contributed by atoms with E-state index in [0.717, 1.165) is 25.0 Å². The molecule has 0 bridgehead atoms. The Kier molecular flexibility index (Phi) is 5.66. The van der Waals surface area contributed by atoms with Crippen molar-refractivity contribution in [2.45, 2.75) is 39.0 Å². The van der Waals surface area contributed by atoms with Crippen LogP contribution in [0, 0.1) is 17.2 Å². The molecule has 0 spiro atoms. The van der Waals surface area contributed by atoms with Crippen molar-refractivity contribution < 1.29 is 9.53 Å². The molecule has 0 aliphatic carbocycles. The molecule has 0 radical (unpaired) electrons. The second-order valence-corrected chi connectivity index (χ2v) is 7.99. The summed E-state index contributed by atoms with van der Waals surface area (Å²) < 4.78 is 5.46. The average molecular weight is 335 g/mol. The van der Waals surface area contributed by atoms with Crippen molar-refractivity contribution in [3.8, 4) is 6.07 Å². The summed E-state index contributed by atoms with van der Waals surface area (Å²) in [5, 5.41) is 14.9. The van der Waals surface area contributed by atoms with E-state index in [0.29, 0.717) is 29.6 Å². The van der Waals surface area contributed by atoms with Crippen LogP contribution in [0.25, 0.3) is 0 Å². The SMILES string of the molecule is CN(CC1CCCOC1)C(=O)Nc1scc(C(C)(C)C)c1C#N. The fourth-order valence-corrected chi connectivity index (χ4v) is 3.85. The Morgan fingerprint density at radius 2 is 2.30 bits per heavy atom. The van der Waals surface area contributed by atoms with E-state index >= 15 is 0 Å². The molecule has 0 saturated carbocycles. The quantitative estimate of drug-likeness (QED) is 0.913. The first kappa shape index (κ1) is 17.8. The third kappa shape index (κ3) is 4.46. The molecule has 1 unspecified atom stereocenters. The smallest absolute Gasteiger partial charge is 0.322 e. The number of hydrogen-bond acceptors (Lipinski definition) is 4. The van der Waals surface area contributed by atoms with Gasteiger partial charge >= 0.3 is 6.03 Å². The summed E-state index contributed by atoms with van der Waals surface area (Å²) in [4.78, 5) is 14.1. The van der Waals surface area contributed by atoms with Crippen LogP contribution in [0.5, 0.6) is 0 Å². The van der Waals surface area contributed by atoms with Crippen molar-refractivity contribution in [3.05, 3.63) is 16.5 Å². The number of carbonyl (C=O) groups is 1. The Hall–Kier alpha value is -1.58. The normalized spacial score (nSPS) is 18.3. The summed E-state index contributed by atoms with van der Waals surface area (Å²) in [5.41, 5.74) is 1.43. The van der Waals surface area contributed by atoms with Crippen molar-refractivity contribution in [2.75, 3.05) is 32.1 Å². The molecule has 0 aromatic carbocycles. The van der Waals surface area contributed by atoms with Crippen LogP contribution < -0.4 is 5.32 Å². The van der Waals surface area contributed by atoms with Gasteiger partial charge in [0.25, 0.3) is 0 Å². The molecule has 1 aromatic rings. The molecule has 126 valence electrons. The highest BCUT2D eigenvalue weighted by atomic mass is 32.1. The van der Waals surface area contributed by atoms with E-state index in [1.807, 2.05) is 5.38 Å². The molecule has 23 heavy (non-hydrogen) atoms. The van der Waals surface area contributed by atoms with Gasteiger partial charge in [-0.25, -0.2) is 4.79 Å². The highest BCUT2D eigenvalue weighted by Crippen LogP contribution is 2.35. The molecular weight excluding hydrogens is 310 g/mol. The highest BCUT2D eigenvalue weighted by molar-refractivity contribution is 7.14. The summed E-state index contributed by atoms with van der Waals surface area (Å²) >= 11 is 1.41. The molecule has 2 amide bonds. The van der Waals surface area contributed by atoms with E-state index in [1.54, 1.807) is 11.9 Å². The topological polar surface area (TPSA) is 65.4 Å². The first-order valence-corrected chi connectivity index (χ1v) is 8.83. The summed E-state index contributed by atoms with van der Waals surface area (Å²) in [6, 6.07) is 2.06. The van der Waals surface area contributed by atoms with Crippen molar-refractivity contribution in [1.29, 1.82) is 5.26 Å². The monoisotopic (exact) mass is 335 g/mol. The minimum Gasteiger partial charge on any atom is -0.381 e. The maximum Gasteiger partial charge on any atom is 0.322 e. The number of amides is 2. The fourth-order valence-electron chi connectivity index (χ4n) is 2.73. The molecule has 1 aliphatic heterocycles. The molecule has 5 nitrogen and oxygen atoms in total. The van der Waals surface area contributed by atoms with Crippen LogP contribution in [0.1, 0.15) is 44.7 Å². The molecule has 2 heterocycles. The highest BCUT2D eigenvalue weighted by Gasteiger charge is 2.24. The lowest BCUT2D eigenvalue weighted by atomic mass is 9.86. The number of hydrogen-bond donors (Lipinski definition) is 1. The zero-order chi connectivity index (χ0) is 17.0. The van der Waals surface area contributed by atoms with E-state index in [4.69, 9.17) is 4.74 Å². The largest absolute Gasteiger partial charge is 0.381 e. The van der Waals surface area contributed by atoms with Gasteiger partial charge < -0.3 is 9.64 Å². The van der Waals surface area contributed by atoms with Crippen molar-refractivity contribution in [2.24, 2.45) is 5.92 Å². The van der Waals surface area contributed by atoms with E-state index in [-0.39, 0.29) is 11.4 Å². The molecule has 6 heteroatoms. The minimum absolute atomic E-state index is 0.115. The van der Waals surface area contributed by atoms with E-state index < -0.39 is 0 Å². The Balaban J connectivity index is 2.02. The first-order chi connectivity index (χ1) is 10.8. The summed E-state index contributed by atoms with van der Waals surface area (Å²) in [5.74, 6) is 0.392. The molecule has 1 atom stereocenters. The predicted octanol–water partition coefficient (Wildman–Crippen LogP) is 3.81. The third-order valence-corrected chi connectivity index (χ3v) is 4.96. The van der Waals surface area contributed by atoms with Gasteiger partial charge in [-0.05, 0) is 29.2 Å². The number of urea groups is 1. The maximum absolute atomic E-state index is 12.4. The van der Waals surface area contributed by atoms with Gasteiger partial charge in [0.2, 0.25) is 0 Å². The molecule has 2 rings (SSSR count). The lowest BCUT2D eigenvalue weighted by molar-refractivity contribution is 0.0464. The summed E-state index contributed by atoms with van der Waals surface area (Å²) in [6.07, 6.45) is 2.15. The molecule has 1 N–H and O–H groups in total. The third-order valence-electron chi connectivity index (χ3n) is 4.06. The number of nitriles is 1. The Morgan fingerprint density at radius 3 is 2.87 bits per heavy atom. The van der Waals surface area contributed by atoms with Crippen LogP contribution >= 0.6 is 11.3 Å². The van der Waals surface area contributed by atoms with Crippen molar-refractivity contribution >= 4 is 22.4 Å². The lowest BCUT2D eigenvalue weighted by Crippen LogP contribution is -2.37. The molecule has 1 aliphatic rings. The lowest BCUT2D eigenvalue weighted by Gasteiger charge is -2.27. The van der Waals surface area contributed by atoms with Gasteiger partial charge in [-0.2, -0.15) is 5.26 Å². The van der Waals surface area contributed by atoms with Gasteiger partial charge in [0.15, 0.2) is 0 Å². The van der Waals surface area contributed by atoms with E-state index in [1.165, 1.54) is 11.3 Å². The summed E-state index contributed by atoms with van der Waals surface area (Å²) in [6.45, 7) is 8.41. The Labute approximate surface area is 142 Å². The zero-order valence-electron chi connectivity index (χ0n) is 14.3. The number of thiophene rings is 1. The van der Waals surface area contributed by atoms with Gasteiger partial charge in [-0.3, -0.25) is 5.32 Å². The second kappa shape index (κ2) is 7.33. The standard InChI is InChI=1S/C17H25N3O2S/c1-17(2,3)14-11-23-15(13(14)8-18)19-16(21)20(4)9-12-6-5-7-22-10-12/h11-12H,5-7,9-10H2,1-4H3,(H,19,21). The molecule has 1 saturated heterocycles. The number of nitrogens with zero attached hydrogens (tertiary/aromatic N) is 2. The molecule has 1 fully saturated rings. The molecule has 1 aromatic heterocycles. The number of ether oxygens (including phenoxy) is 1. The van der Waals surface area contributed by atoms with Crippen LogP contribution in [0.3, 0.4) is 0 Å². The number of anilines is 1. The Morgan fingerprint density at radius 1 is 1.57 bits per heavy atom. The number of carbonyl (C=O) groups excluding carboxylic acids is 1. The number of nitrogens with one attached hydrogen (secondary N) is 1. The number of rotatable bonds is 3. The maximum atomic E-state index is 12.4. The summed E-state index contributed by atoms with van der Waals surface area (Å²) in [7, 11) is 1.79. The average Bonchev–Trinajstić information content (AvgIpc) is 2.91. The van der Waals surface area contributed by atoms with Crippen molar-refractivity contribution in [1.82, 2.24) is 4.90 Å². The van der Waals surface area contributed by atoms with Crippen LogP contribution in [-0.2, 0) is 10.2 Å². The second-order valence-electron chi connectivity index (χ2n) is 7.11. The zero-order valence-corrected chi connectivity index (χ0v) is 15.1. The first-order valence-electron chi connectivity index (χ1n) is 7.95. The Bertz CT molecular complexity index is 592. The van der Waals surface area contributed by atoms with Crippen LogP contribution in [0.15, 0.2) is 5.38 Å². The molecular formula is C17H25N3O2S. The van der Waals surface area contributed by atoms with Gasteiger partial charge in [-0.15, -0.1) is 11.3 Å². The van der Waals surface area contributed by atoms with E-state index in [9.17, 15) is 10.1 Å². The van der Waals surface area contributed by atoms with Crippen LogP contribution in [0.2, 0.25) is 0 Å². The van der Waals surface area contributed by atoms with E-state index in [2.05, 4.69) is 32.2 Å². The van der Waals surface area contributed by atoms with Crippen molar-refractivity contribution in [3.63, 3.8) is 0 Å². The van der Waals surface area contributed by atoms with Crippen LogP contribution in [0.4, 0.5) is 9.80 Å². The van der Waals surface area contributed by atoms with Gasteiger partial charge in [-0.1, -0.05) is 20.8 Å². The van der Waals surface area contributed by atoms with Gasteiger partial charge in [0.1, 0.15) is 11.1 Å². The predicted molar refractivity (Wildman–Crippen MR) is 92.9 cm³/mol. The minimum atomic E-state index is -0.172.